The molecule has 0 fully saturated rings. The number of benzene rings is 2. The maximum atomic E-state index is 12.2. The lowest BCUT2D eigenvalue weighted by Gasteiger charge is -2.18. The molecule has 7 heteroatoms. The van der Waals surface area contributed by atoms with Gasteiger partial charge in [-0.3, -0.25) is 4.79 Å². The van der Waals surface area contributed by atoms with Gasteiger partial charge in [0.2, 0.25) is 5.88 Å². The number of nitrogens with zero attached hydrogens (tertiary/aromatic N) is 4. The Morgan fingerprint density at radius 3 is 2.50 bits per heavy atom. The van der Waals surface area contributed by atoms with Crippen molar-refractivity contribution in [3.8, 4) is 5.88 Å². The summed E-state index contributed by atoms with van der Waals surface area (Å²) in [5.74, 6) is -0.374. The molecule has 0 spiro atoms. The Hall–Kier alpha value is -3.19. The van der Waals surface area contributed by atoms with Gasteiger partial charge in [0.25, 0.3) is 5.91 Å². The van der Waals surface area contributed by atoms with Crippen molar-refractivity contribution in [3.63, 3.8) is 0 Å². The number of rotatable bonds is 9. The summed E-state index contributed by atoms with van der Waals surface area (Å²) < 4.78 is 1.83. The molecular weight excluding hydrogens is 378 g/mol. The molecule has 0 aliphatic rings. The van der Waals surface area contributed by atoms with Gasteiger partial charge >= 0.3 is 0 Å². The van der Waals surface area contributed by atoms with Gasteiger partial charge in [-0.25, -0.2) is 0 Å². The number of amides is 1. The number of carbonyl (C=O) groups is 1. The van der Waals surface area contributed by atoms with Crippen molar-refractivity contribution in [3.05, 3.63) is 54.1 Å². The number of para-hydroxylation sites is 1. The lowest BCUT2D eigenvalue weighted by molar-refractivity contribution is -0.116. The molecule has 0 saturated carbocycles. The number of likely N-dealkylation sites (N-methyl/N-ethyl adjacent to an activating group) is 1. The van der Waals surface area contributed by atoms with Gasteiger partial charge < -0.3 is 19.9 Å². The van der Waals surface area contributed by atoms with E-state index in [0.29, 0.717) is 12.2 Å². The Balaban J connectivity index is 1.75. The van der Waals surface area contributed by atoms with Crippen LogP contribution in [-0.2, 0) is 11.3 Å². The van der Waals surface area contributed by atoms with Crippen molar-refractivity contribution in [2.45, 2.75) is 27.3 Å². The number of anilines is 1. The van der Waals surface area contributed by atoms with Gasteiger partial charge in [-0.1, -0.05) is 49.7 Å². The minimum absolute atomic E-state index is 0.0337. The van der Waals surface area contributed by atoms with E-state index >= 15 is 0 Å². The lowest BCUT2D eigenvalue weighted by atomic mass is 10.2. The first-order chi connectivity index (χ1) is 14.5. The van der Waals surface area contributed by atoms with E-state index in [0.717, 1.165) is 41.8 Å². The maximum Gasteiger partial charge on any atom is 0.283 e. The molecule has 2 N–H and O–H groups in total. The van der Waals surface area contributed by atoms with E-state index in [-0.39, 0.29) is 12.4 Å². The summed E-state index contributed by atoms with van der Waals surface area (Å²) in [4.78, 5) is 14.5. The van der Waals surface area contributed by atoms with Crippen LogP contribution in [0.1, 0.15) is 19.4 Å². The van der Waals surface area contributed by atoms with Gasteiger partial charge in [0.05, 0.1) is 12.1 Å². The zero-order valence-electron chi connectivity index (χ0n) is 17.8. The quantitative estimate of drug-likeness (QED) is 0.503. The molecule has 3 rings (SSSR count). The van der Waals surface area contributed by atoms with Gasteiger partial charge in [0, 0.05) is 24.2 Å². The van der Waals surface area contributed by atoms with Crippen LogP contribution in [-0.4, -0.2) is 46.7 Å². The molecule has 2 aromatic carbocycles. The zero-order valence-corrected chi connectivity index (χ0v) is 17.8. The van der Waals surface area contributed by atoms with E-state index in [1.807, 2.05) is 60.0 Å². The molecule has 0 radical (unpaired) electrons. The molecule has 1 heterocycles. The van der Waals surface area contributed by atoms with Crippen molar-refractivity contribution >= 4 is 28.2 Å². The fourth-order valence-electron chi connectivity index (χ4n) is 3.37. The van der Waals surface area contributed by atoms with Crippen molar-refractivity contribution in [1.29, 1.82) is 0 Å². The Morgan fingerprint density at radius 2 is 1.80 bits per heavy atom. The minimum Gasteiger partial charge on any atom is -0.493 e. The molecule has 158 valence electrons. The topological polar surface area (TPSA) is 82.2 Å². The molecule has 0 aliphatic heterocycles. The summed E-state index contributed by atoms with van der Waals surface area (Å²) in [6, 6.07) is 15.4. The normalized spacial score (nSPS) is 11.6. The third-order valence-corrected chi connectivity index (χ3v) is 5.21. The van der Waals surface area contributed by atoms with Crippen LogP contribution in [0.3, 0.4) is 0 Å². The molecule has 7 nitrogen and oxygen atoms in total. The van der Waals surface area contributed by atoms with Gasteiger partial charge in [0.15, 0.2) is 5.69 Å². The first kappa shape index (κ1) is 21.5. The minimum atomic E-state index is -0.407. The van der Waals surface area contributed by atoms with Crippen molar-refractivity contribution < 1.29 is 9.90 Å². The van der Waals surface area contributed by atoms with E-state index in [1.54, 1.807) is 0 Å². The number of nitrogens with one attached hydrogen (secondary N) is 1. The van der Waals surface area contributed by atoms with Crippen molar-refractivity contribution in [2.24, 2.45) is 10.2 Å². The highest BCUT2D eigenvalue weighted by Gasteiger charge is 2.17. The predicted molar refractivity (Wildman–Crippen MR) is 121 cm³/mol. The molecule has 0 aliphatic carbocycles. The van der Waals surface area contributed by atoms with Gasteiger partial charge in [-0.05, 0) is 38.2 Å². The average molecular weight is 408 g/mol. The van der Waals surface area contributed by atoms with E-state index < -0.39 is 5.91 Å². The Labute approximate surface area is 177 Å². The molecule has 0 bridgehead atoms. The molecule has 3 aromatic rings. The van der Waals surface area contributed by atoms with Crippen LogP contribution in [0.2, 0.25) is 0 Å². The molecule has 1 aromatic heterocycles. The third-order valence-electron chi connectivity index (χ3n) is 5.21. The second-order valence-corrected chi connectivity index (χ2v) is 7.18. The molecule has 0 unspecified atom stereocenters. The first-order valence-corrected chi connectivity index (χ1v) is 10.3. The van der Waals surface area contributed by atoms with E-state index in [1.165, 1.54) is 0 Å². The predicted octanol–water partition coefficient (Wildman–Crippen LogP) is 4.72. The zero-order chi connectivity index (χ0) is 21.5. The Bertz CT molecular complexity index is 1020. The summed E-state index contributed by atoms with van der Waals surface area (Å²) in [5, 5.41) is 22.5. The fourth-order valence-corrected chi connectivity index (χ4v) is 3.37. The average Bonchev–Trinajstić information content (AvgIpc) is 3.03. The smallest absolute Gasteiger partial charge is 0.283 e. The van der Waals surface area contributed by atoms with Gasteiger partial charge in [-0.2, -0.15) is 0 Å². The summed E-state index contributed by atoms with van der Waals surface area (Å²) in [6.07, 6.45) is 0. The fraction of sp³-hybridized carbons (Fsp3) is 0.348. The van der Waals surface area contributed by atoms with Crippen LogP contribution in [0.5, 0.6) is 5.88 Å². The summed E-state index contributed by atoms with van der Waals surface area (Å²) >= 11 is 0. The van der Waals surface area contributed by atoms with Crippen LogP contribution >= 0.6 is 0 Å². The standard InChI is InChI=1S/C23H29N5O2/c1-4-27(5-2)14-15-28-20-9-7-6-8-19(20)22(23(28)30)26-25-21(29)16-24-18-12-10-17(3)11-13-18/h6-13,24,30H,4-5,14-16H2,1-3H3. The van der Waals surface area contributed by atoms with Crippen LogP contribution in [0.25, 0.3) is 10.9 Å². The first-order valence-electron chi connectivity index (χ1n) is 10.3. The van der Waals surface area contributed by atoms with Crippen LogP contribution < -0.4 is 5.32 Å². The molecule has 30 heavy (non-hydrogen) atoms. The lowest BCUT2D eigenvalue weighted by Crippen LogP contribution is -2.26. The van der Waals surface area contributed by atoms with E-state index in [2.05, 4.69) is 34.3 Å². The number of aromatic nitrogens is 1. The molecule has 1 amide bonds. The second kappa shape index (κ2) is 10.0. The Morgan fingerprint density at radius 1 is 1.10 bits per heavy atom. The van der Waals surface area contributed by atoms with Crippen LogP contribution in [0.15, 0.2) is 58.8 Å². The summed E-state index contributed by atoms with van der Waals surface area (Å²) in [5.41, 5.74) is 3.20. The van der Waals surface area contributed by atoms with Gasteiger partial charge in [0.1, 0.15) is 0 Å². The molecular formula is C23H29N5O2. The van der Waals surface area contributed by atoms with Crippen LogP contribution in [0, 0.1) is 6.92 Å². The number of fused-ring (bicyclic) bond motifs is 1. The number of hydrogen-bond acceptors (Lipinski definition) is 5. The monoisotopic (exact) mass is 407 g/mol. The number of azo groups is 1. The van der Waals surface area contributed by atoms with Crippen molar-refractivity contribution in [1.82, 2.24) is 9.47 Å². The summed E-state index contributed by atoms with van der Waals surface area (Å²) in [7, 11) is 0. The second-order valence-electron chi connectivity index (χ2n) is 7.18. The maximum absolute atomic E-state index is 12.2. The van der Waals surface area contributed by atoms with Crippen LogP contribution in [0.4, 0.5) is 11.4 Å². The molecule has 0 atom stereocenters. The highest BCUT2D eigenvalue weighted by molar-refractivity contribution is 5.95. The number of aryl methyl sites for hydroxylation is 1. The molecule has 0 saturated heterocycles. The van der Waals surface area contributed by atoms with E-state index in [4.69, 9.17) is 0 Å². The number of aromatic hydroxyl groups is 1. The number of hydrogen-bond donors (Lipinski definition) is 2. The van der Waals surface area contributed by atoms with Crippen molar-refractivity contribution in [2.75, 3.05) is 31.5 Å². The highest BCUT2D eigenvalue weighted by atomic mass is 16.3. The van der Waals surface area contributed by atoms with Gasteiger partial charge in [-0.15, -0.1) is 10.2 Å². The SMILES string of the molecule is CCN(CC)CCn1c(O)c(N=NC(=O)CNc2ccc(C)cc2)c2ccccc21. The third kappa shape index (κ3) is 5.04. The summed E-state index contributed by atoms with van der Waals surface area (Å²) in [6.45, 7) is 9.63. The highest BCUT2D eigenvalue weighted by Crippen LogP contribution is 2.38. The van der Waals surface area contributed by atoms with E-state index in [9.17, 15) is 9.90 Å². The Kier molecular flexibility index (Phi) is 7.19. The number of carbonyl (C=O) groups excluding carboxylic acids is 1. The largest absolute Gasteiger partial charge is 0.493 e.